The van der Waals surface area contributed by atoms with Crippen molar-refractivity contribution in [3.8, 4) is 5.75 Å². The monoisotopic (exact) mass is 270 g/mol. The summed E-state index contributed by atoms with van der Waals surface area (Å²) in [5, 5.41) is 9.71. The van der Waals surface area contributed by atoms with Crippen LogP contribution in [-0.4, -0.2) is 29.9 Å². The molecule has 0 aromatic heterocycles. The molecule has 0 spiro atoms. The minimum atomic E-state index is -0.650. The average Bonchev–Trinajstić information content (AvgIpc) is 2.35. The van der Waals surface area contributed by atoms with Gasteiger partial charge in [-0.1, -0.05) is 0 Å². The molecule has 0 saturated heterocycles. The molecule has 0 aliphatic heterocycles. The fourth-order valence-electron chi connectivity index (χ4n) is 1.58. The summed E-state index contributed by atoms with van der Waals surface area (Å²) in [5.74, 6) is -0.152. The van der Waals surface area contributed by atoms with E-state index >= 15 is 0 Å². The summed E-state index contributed by atoms with van der Waals surface area (Å²) < 4.78 is 22.9. The molecule has 0 fully saturated rings. The summed E-state index contributed by atoms with van der Waals surface area (Å²) >= 11 is 0. The number of aliphatic hydroxyl groups excluding tert-OH is 1. The van der Waals surface area contributed by atoms with Crippen molar-refractivity contribution in [2.45, 2.75) is 38.9 Å². The fourth-order valence-corrected chi connectivity index (χ4v) is 1.58. The summed E-state index contributed by atoms with van der Waals surface area (Å²) in [6, 6.07) is 5.60. The smallest absolute Gasteiger partial charge is 0.302 e. The van der Waals surface area contributed by atoms with E-state index in [1.54, 1.807) is 6.92 Å². The largest absolute Gasteiger partial charge is 0.491 e. The standard InChI is InChI=1S/C14H19FO4/c1-10(19-11(2)16)3-6-13(17)9-18-14-7-4-12(15)5-8-14/h4-5,7-8,10,13,17H,3,6,9H2,1-2H3/t10?,13-/m0/s1. The number of halogens is 1. The van der Waals surface area contributed by atoms with Crippen LogP contribution in [0.25, 0.3) is 0 Å². The number of ether oxygens (including phenoxy) is 2. The van der Waals surface area contributed by atoms with Gasteiger partial charge in [-0.05, 0) is 44.0 Å². The minimum absolute atomic E-state index is 0.123. The zero-order valence-corrected chi connectivity index (χ0v) is 11.1. The molecule has 0 radical (unpaired) electrons. The van der Waals surface area contributed by atoms with E-state index in [9.17, 15) is 14.3 Å². The first-order chi connectivity index (χ1) is 8.97. The van der Waals surface area contributed by atoms with Gasteiger partial charge in [-0.25, -0.2) is 4.39 Å². The third kappa shape index (κ3) is 6.76. The molecule has 0 saturated carbocycles. The second kappa shape index (κ2) is 7.74. The summed E-state index contributed by atoms with van der Waals surface area (Å²) in [6.07, 6.45) is 0.157. The van der Waals surface area contributed by atoms with Crippen LogP contribution in [0.1, 0.15) is 26.7 Å². The highest BCUT2D eigenvalue weighted by Gasteiger charge is 2.10. The van der Waals surface area contributed by atoms with E-state index < -0.39 is 6.10 Å². The number of carbonyl (C=O) groups is 1. The zero-order valence-electron chi connectivity index (χ0n) is 11.1. The highest BCUT2D eigenvalue weighted by Crippen LogP contribution is 2.12. The highest BCUT2D eigenvalue weighted by molar-refractivity contribution is 5.66. The summed E-state index contributed by atoms with van der Waals surface area (Å²) in [5.41, 5.74) is 0. The molecule has 0 aliphatic carbocycles. The lowest BCUT2D eigenvalue weighted by Gasteiger charge is -2.15. The van der Waals surface area contributed by atoms with Gasteiger partial charge < -0.3 is 14.6 Å². The number of hydrogen-bond donors (Lipinski definition) is 1. The number of benzene rings is 1. The maximum Gasteiger partial charge on any atom is 0.302 e. The van der Waals surface area contributed by atoms with E-state index in [0.717, 1.165) is 0 Å². The quantitative estimate of drug-likeness (QED) is 0.772. The molecule has 0 heterocycles. The Balaban J connectivity index is 2.22. The van der Waals surface area contributed by atoms with Crippen LogP contribution in [0.2, 0.25) is 0 Å². The summed E-state index contributed by atoms with van der Waals surface area (Å²) in [6.45, 7) is 3.25. The van der Waals surface area contributed by atoms with Crippen molar-refractivity contribution in [1.29, 1.82) is 0 Å². The van der Waals surface area contributed by atoms with Crippen molar-refractivity contribution in [2.24, 2.45) is 0 Å². The van der Waals surface area contributed by atoms with Crippen LogP contribution in [0, 0.1) is 5.82 Å². The van der Waals surface area contributed by atoms with Crippen molar-refractivity contribution in [1.82, 2.24) is 0 Å². The van der Waals surface area contributed by atoms with Crippen LogP contribution in [-0.2, 0) is 9.53 Å². The second-order valence-corrected chi connectivity index (χ2v) is 4.42. The number of aliphatic hydroxyl groups is 1. The van der Waals surface area contributed by atoms with Crippen molar-refractivity contribution >= 4 is 5.97 Å². The number of rotatable bonds is 7. The third-order valence-electron chi connectivity index (χ3n) is 2.53. The van der Waals surface area contributed by atoms with E-state index in [2.05, 4.69) is 0 Å². The Morgan fingerprint density at radius 3 is 2.53 bits per heavy atom. The molecule has 2 atom stereocenters. The molecule has 4 nitrogen and oxygen atoms in total. The molecular formula is C14H19FO4. The lowest BCUT2D eigenvalue weighted by Crippen LogP contribution is -2.21. The van der Waals surface area contributed by atoms with Crippen LogP contribution in [0.5, 0.6) is 5.75 Å². The van der Waals surface area contributed by atoms with E-state index in [4.69, 9.17) is 9.47 Å². The van der Waals surface area contributed by atoms with Crippen molar-refractivity contribution in [3.05, 3.63) is 30.1 Å². The normalized spacial score (nSPS) is 13.7. The third-order valence-corrected chi connectivity index (χ3v) is 2.53. The molecule has 1 unspecified atom stereocenters. The van der Waals surface area contributed by atoms with Gasteiger partial charge >= 0.3 is 5.97 Å². The summed E-state index contributed by atoms with van der Waals surface area (Å²) in [7, 11) is 0. The number of esters is 1. The van der Waals surface area contributed by atoms with Crippen LogP contribution in [0.3, 0.4) is 0 Å². The van der Waals surface area contributed by atoms with Gasteiger partial charge in [0.1, 0.15) is 18.2 Å². The Morgan fingerprint density at radius 2 is 1.95 bits per heavy atom. The molecule has 1 rings (SSSR count). The maximum absolute atomic E-state index is 12.7. The lowest BCUT2D eigenvalue weighted by atomic mass is 10.1. The van der Waals surface area contributed by atoms with Gasteiger partial charge in [-0.2, -0.15) is 0 Å². The second-order valence-electron chi connectivity index (χ2n) is 4.42. The van der Waals surface area contributed by atoms with E-state index in [-0.39, 0.29) is 24.5 Å². The Bertz CT molecular complexity index is 391. The molecule has 19 heavy (non-hydrogen) atoms. The van der Waals surface area contributed by atoms with Gasteiger partial charge in [0, 0.05) is 6.92 Å². The lowest BCUT2D eigenvalue weighted by molar-refractivity contribution is -0.146. The molecule has 0 aliphatic rings. The number of hydrogen-bond acceptors (Lipinski definition) is 4. The van der Waals surface area contributed by atoms with Gasteiger partial charge in [0.2, 0.25) is 0 Å². The number of carbonyl (C=O) groups excluding carboxylic acids is 1. The molecule has 1 aromatic carbocycles. The molecule has 0 amide bonds. The molecule has 0 bridgehead atoms. The Hall–Kier alpha value is -1.62. The van der Waals surface area contributed by atoms with Gasteiger partial charge in [0.25, 0.3) is 0 Å². The van der Waals surface area contributed by atoms with Gasteiger partial charge in [0.05, 0.1) is 12.2 Å². The van der Waals surface area contributed by atoms with Crippen LogP contribution < -0.4 is 4.74 Å². The predicted octanol–water partition coefficient (Wildman–Crippen LogP) is 2.30. The maximum atomic E-state index is 12.7. The zero-order chi connectivity index (χ0) is 14.3. The van der Waals surface area contributed by atoms with Gasteiger partial charge in [-0.15, -0.1) is 0 Å². The Kier molecular flexibility index (Phi) is 6.29. The van der Waals surface area contributed by atoms with Crippen molar-refractivity contribution in [2.75, 3.05) is 6.61 Å². The van der Waals surface area contributed by atoms with Crippen molar-refractivity contribution in [3.63, 3.8) is 0 Å². The highest BCUT2D eigenvalue weighted by atomic mass is 19.1. The molecule has 1 N–H and O–H groups in total. The molecule has 106 valence electrons. The first-order valence-electron chi connectivity index (χ1n) is 6.21. The Labute approximate surface area is 112 Å². The molecule has 1 aromatic rings. The predicted molar refractivity (Wildman–Crippen MR) is 68.4 cm³/mol. The fraction of sp³-hybridized carbons (Fsp3) is 0.500. The van der Waals surface area contributed by atoms with Crippen molar-refractivity contribution < 1.29 is 23.8 Å². The average molecular weight is 270 g/mol. The van der Waals surface area contributed by atoms with Gasteiger partial charge in [0.15, 0.2) is 0 Å². The molecule has 5 heteroatoms. The SMILES string of the molecule is CC(=O)OC(C)CC[C@H](O)COc1ccc(F)cc1. The van der Waals surface area contributed by atoms with E-state index in [0.29, 0.717) is 18.6 Å². The summed E-state index contributed by atoms with van der Waals surface area (Å²) in [4.78, 5) is 10.7. The van der Waals surface area contributed by atoms with E-state index in [1.807, 2.05) is 0 Å². The topological polar surface area (TPSA) is 55.8 Å². The van der Waals surface area contributed by atoms with Crippen LogP contribution in [0.15, 0.2) is 24.3 Å². The first kappa shape index (κ1) is 15.4. The minimum Gasteiger partial charge on any atom is -0.491 e. The Morgan fingerprint density at radius 1 is 1.32 bits per heavy atom. The van der Waals surface area contributed by atoms with E-state index in [1.165, 1.54) is 31.2 Å². The van der Waals surface area contributed by atoms with Crippen LogP contribution >= 0.6 is 0 Å². The first-order valence-corrected chi connectivity index (χ1v) is 6.21. The van der Waals surface area contributed by atoms with Gasteiger partial charge in [-0.3, -0.25) is 4.79 Å². The van der Waals surface area contributed by atoms with Crippen LogP contribution in [0.4, 0.5) is 4.39 Å². The molecular weight excluding hydrogens is 251 g/mol.